The Hall–Kier alpha value is -2.20. The van der Waals surface area contributed by atoms with E-state index in [0.29, 0.717) is 5.92 Å². The Kier molecular flexibility index (Phi) is 6.40. The van der Waals surface area contributed by atoms with Crippen molar-refractivity contribution in [3.63, 3.8) is 0 Å². The first-order valence-electron chi connectivity index (χ1n) is 9.48. The topological polar surface area (TPSA) is 42.4 Å². The Morgan fingerprint density at radius 2 is 2.04 bits per heavy atom. The zero-order chi connectivity index (χ0) is 18.4. The maximum Gasteiger partial charge on any atom is 0.253 e. The molecule has 138 valence electrons. The summed E-state index contributed by atoms with van der Waals surface area (Å²) in [6, 6.07) is 11.9. The van der Waals surface area contributed by atoms with Gasteiger partial charge in [0.2, 0.25) is 0 Å². The number of hydrogen-bond donors (Lipinski definition) is 0. The molecule has 1 atom stereocenters. The highest BCUT2D eigenvalue weighted by molar-refractivity contribution is 5.94. The SMILES string of the molecule is COCCC[C@@H]1CCCN(C(=O)c2ccc(-c3ccc(C)cn3)cc2)C1. The predicted molar refractivity (Wildman–Crippen MR) is 104 cm³/mol. The fourth-order valence-corrected chi connectivity index (χ4v) is 3.61. The van der Waals surface area contributed by atoms with E-state index in [0.717, 1.165) is 61.3 Å². The standard InChI is InChI=1S/C22H28N2O2/c1-17-7-12-21(23-15-17)19-8-10-20(11-9-19)22(25)24-13-3-5-18(16-24)6-4-14-26-2/h7-12,15,18H,3-6,13-14,16H2,1-2H3/t18-/m0/s1. The number of ether oxygens (including phenoxy) is 1. The Morgan fingerprint density at radius 3 is 2.73 bits per heavy atom. The summed E-state index contributed by atoms with van der Waals surface area (Å²) in [7, 11) is 1.74. The van der Waals surface area contributed by atoms with Crippen LogP contribution in [0.2, 0.25) is 0 Å². The lowest BCUT2D eigenvalue weighted by molar-refractivity contribution is 0.0660. The zero-order valence-corrected chi connectivity index (χ0v) is 15.8. The summed E-state index contributed by atoms with van der Waals surface area (Å²) in [5.41, 5.74) is 3.88. The molecule has 1 aromatic heterocycles. The van der Waals surface area contributed by atoms with Crippen molar-refractivity contribution in [2.24, 2.45) is 5.92 Å². The fourth-order valence-electron chi connectivity index (χ4n) is 3.61. The third kappa shape index (κ3) is 4.70. The molecule has 1 aliphatic heterocycles. The molecule has 0 N–H and O–H groups in total. The average molecular weight is 352 g/mol. The third-order valence-electron chi connectivity index (χ3n) is 5.11. The van der Waals surface area contributed by atoms with E-state index in [-0.39, 0.29) is 5.91 Å². The van der Waals surface area contributed by atoms with Crippen LogP contribution in [0.3, 0.4) is 0 Å². The van der Waals surface area contributed by atoms with Gasteiger partial charge in [-0.1, -0.05) is 18.2 Å². The van der Waals surface area contributed by atoms with Crippen LogP contribution in [-0.2, 0) is 4.74 Å². The van der Waals surface area contributed by atoms with E-state index in [4.69, 9.17) is 4.74 Å². The molecule has 4 nitrogen and oxygen atoms in total. The Labute approximate surface area is 156 Å². The van der Waals surface area contributed by atoms with Crippen molar-refractivity contribution in [1.82, 2.24) is 9.88 Å². The van der Waals surface area contributed by atoms with Gasteiger partial charge in [0.25, 0.3) is 5.91 Å². The van der Waals surface area contributed by atoms with E-state index in [2.05, 4.69) is 11.1 Å². The van der Waals surface area contributed by atoms with Crippen LogP contribution in [0, 0.1) is 12.8 Å². The lowest BCUT2D eigenvalue weighted by atomic mass is 9.93. The van der Waals surface area contributed by atoms with E-state index in [1.165, 1.54) is 6.42 Å². The molecule has 0 unspecified atom stereocenters. The number of methoxy groups -OCH3 is 1. The first-order chi connectivity index (χ1) is 12.7. The van der Waals surface area contributed by atoms with E-state index >= 15 is 0 Å². The number of aryl methyl sites for hydroxylation is 1. The Bertz CT molecular complexity index is 710. The van der Waals surface area contributed by atoms with Crippen LogP contribution in [0.25, 0.3) is 11.3 Å². The molecule has 2 aromatic rings. The summed E-state index contributed by atoms with van der Waals surface area (Å²) < 4.78 is 5.15. The number of aromatic nitrogens is 1. The van der Waals surface area contributed by atoms with Gasteiger partial charge in [0, 0.05) is 44.1 Å². The maximum absolute atomic E-state index is 12.9. The Balaban J connectivity index is 1.63. The summed E-state index contributed by atoms with van der Waals surface area (Å²) in [5.74, 6) is 0.740. The third-order valence-corrected chi connectivity index (χ3v) is 5.11. The molecule has 1 aliphatic rings. The van der Waals surface area contributed by atoms with Crippen LogP contribution >= 0.6 is 0 Å². The minimum absolute atomic E-state index is 0.143. The highest BCUT2D eigenvalue weighted by Gasteiger charge is 2.24. The molecule has 0 aliphatic carbocycles. The van der Waals surface area contributed by atoms with Crippen LogP contribution in [0.5, 0.6) is 0 Å². The van der Waals surface area contributed by atoms with Crippen LogP contribution in [-0.4, -0.2) is 42.6 Å². The molecule has 0 bridgehead atoms. The summed E-state index contributed by atoms with van der Waals surface area (Å²) in [6.07, 6.45) is 6.38. The zero-order valence-electron chi connectivity index (χ0n) is 15.8. The molecule has 3 rings (SSSR count). The van der Waals surface area contributed by atoms with Gasteiger partial charge in [0.05, 0.1) is 5.69 Å². The average Bonchev–Trinajstić information content (AvgIpc) is 2.69. The minimum atomic E-state index is 0.143. The van der Waals surface area contributed by atoms with Gasteiger partial charge in [-0.25, -0.2) is 0 Å². The number of benzene rings is 1. The largest absolute Gasteiger partial charge is 0.385 e. The van der Waals surface area contributed by atoms with Gasteiger partial charge in [0.15, 0.2) is 0 Å². The second kappa shape index (κ2) is 8.95. The number of amides is 1. The van der Waals surface area contributed by atoms with Crippen molar-refractivity contribution < 1.29 is 9.53 Å². The van der Waals surface area contributed by atoms with Crippen molar-refractivity contribution in [3.05, 3.63) is 53.7 Å². The number of carbonyl (C=O) groups excluding carboxylic acids is 1. The minimum Gasteiger partial charge on any atom is -0.385 e. The Morgan fingerprint density at radius 1 is 1.23 bits per heavy atom. The van der Waals surface area contributed by atoms with Crippen molar-refractivity contribution in [3.8, 4) is 11.3 Å². The molecule has 1 fully saturated rings. The molecule has 0 saturated carbocycles. The number of nitrogens with zero attached hydrogens (tertiary/aromatic N) is 2. The predicted octanol–water partition coefficient (Wildman–Crippen LogP) is 4.34. The molecule has 0 radical (unpaired) electrons. The number of rotatable bonds is 6. The number of carbonyl (C=O) groups is 1. The first kappa shape index (κ1) is 18.6. The number of hydrogen-bond acceptors (Lipinski definition) is 3. The van der Waals surface area contributed by atoms with Gasteiger partial charge in [-0.3, -0.25) is 9.78 Å². The fraction of sp³-hybridized carbons (Fsp3) is 0.455. The second-order valence-electron chi connectivity index (χ2n) is 7.19. The highest BCUT2D eigenvalue weighted by atomic mass is 16.5. The summed E-state index contributed by atoms with van der Waals surface area (Å²) in [4.78, 5) is 19.3. The first-order valence-corrected chi connectivity index (χ1v) is 9.48. The summed E-state index contributed by atoms with van der Waals surface area (Å²) in [5, 5.41) is 0. The molecule has 26 heavy (non-hydrogen) atoms. The molecule has 4 heteroatoms. The van der Waals surface area contributed by atoms with Gasteiger partial charge >= 0.3 is 0 Å². The molecular formula is C22H28N2O2. The van der Waals surface area contributed by atoms with Crippen LogP contribution in [0.4, 0.5) is 0 Å². The van der Waals surface area contributed by atoms with Gasteiger partial charge in [0.1, 0.15) is 0 Å². The number of likely N-dealkylation sites (tertiary alicyclic amines) is 1. The molecule has 1 amide bonds. The molecule has 0 spiro atoms. The van der Waals surface area contributed by atoms with Gasteiger partial charge in [-0.05, 0) is 62.3 Å². The summed E-state index contributed by atoms with van der Waals surface area (Å²) in [6.45, 7) is 4.56. The quantitative estimate of drug-likeness (QED) is 0.727. The van der Waals surface area contributed by atoms with Crippen molar-refractivity contribution in [2.75, 3.05) is 26.8 Å². The smallest absolute Gasteiger partial charge is 0.253 e. The number of piperidine rings is 1. The van der Waals surface area contributed by atoms with E-state index in [9.17, 15) is 4.79 Å². The molecule has 1 aromatic carbocycles. The second-order valence-corrected chi connectivity index (χ2v) is 7.19. The highest BCUT2D eigenvalue weighted by Crippen LogP contribution is 2.23. The van der Waals surface area contributed by atoms with Crippen LogP contribution < -0.4 is 0 Å². The van der Waals surface area contributed by atoms with Gasteiger partial charge in [-0.15, -0.1) is 0 Å². The van der Waals surface area contributed by atoms with Gasteiger partial charge in [-0.2, -0.15) is 0 Å². The molecule has 2 heterocycles. The van der Waals surface area contributed by atoms with Crippen molar-refractivity contribution >= 4 is 5.91 Å². The van der Waals surface area contributed by atoms with Crippen molar-refractivity contribution in [2.45, 2.75) is 32.6 Å². The van der Waals surface area contributed by atoms with Crippen LogP contribution in [0.15, 0.2) is 42.6 Å². The molecular weight excluding hydrogens is 324 g/mol. The lowest BCUT2D eigenvalue weighted by Gasteiger charge is -2.33. The van der Waals surface area contributed by atoms with E-state index in [1.54, 1.807) is 7.11 Å². The number of pyridine rings is 1. The lowest BCUT2D eigenvalue weighted by Crippen LogP contribution is -2.40. The monoisotopic (exact) mass is 352 g/mol. The van der Waals surface area contributed by atoms with Gasteiger partial charge < -0.3 is 9.64 Å². The molecule has 1 saturated heterocycles. The normalized spacial score (nSPS) is 17.3. The van der Waals surface area contributed by atoms with Crippen molar-refractivity contribution in [1.29, 1.82) is 0 Å². The van der Waals surface area contributed by atoms with E-state index < -0.39 is 0 Å². The maximum atomic E-state index is 12.9. The van der Waals surface area contributed by atoms with Crippen LogP contribution in [0.1, 0.15) is 41.6 Å². The summed E-state index contributed by atoms with van der Waals surface area (Å²) >= 11 is 0. The van der Waals surface area contributed by atoms with E-state index in [1.807, 2.05) is 48.4 Å².